The summed E-state index contributed by atoms with van der Waals surface area (Å²) in [7, 11) is 0. The molecule has 0 unspecified atom stereocenters. The van der Waals surface area contributed by atoms with Gasteiger partial charge in [0.2, 0.25) is 0 Å². The molecule has 6 nitrogen and oxygen atoms in total. The standard InChI is InChI=1S/C24H21F3N2O4/c25-24(26,27)20-13-11-19(12-14-20)21(28-22(30)32-15-17-7-3-1-4-8-17)29-23(31)33-16-18-9-5-2-6-10-18/h1-14,21H,15-16H2,(H,28,30)(H,29,31). The summed E-state index contributed by atoms with van der Waals surface area (Å²) in [5.41, 5.74) is 0.836. The molecule has 0 aliphatic heterocycles. The number of amides is 2. The van der Waals surface area contributed by atoms with Crippen molar-refractivity contribution in [2.75, 3.05) is 0 Å². The zero-order valence-electron chi connectivity index (χ0n) is 17.3. The average molecular weight is 458 g/mol. The van der Waals surface area contributed by atoms with Gasteiger partial charge in [-0.15, -0.1) is 0 Å². The van der Waals surface area contributed by atoms with Crippen molar-refractivity contribution in [2.24, 2.45) is 0 Å². The van der Waals surface area contributed by atoms with Crippen molar-refractivity contribution in [2.45, 2.75) is 25.6 Å². The molecule has 9 heteroatoms. The van der Waals surface area contributed by atoms with E-state index >= 15 is 0 Å². The van der Waals surface area contributed by atoms with E-state index in [-0.39, 0.29) is 18.8 Å². The maximum atomic E-state index is 12.9. The van der Waals surface area contributed by atoms with Crippen molar-refractivity contribution in [1.82, 2.24) is 10.6 Å². The molecule has 2 N–H and O–H groups in total. The predicted molar refractivity (Wildman–Crippen MR) is 114 cm³/mol. The van der Waals surface area contributed by atoms with E-state index < -0.39 is 30.1 Å². The summed E-state index contributed by atoms with van der Waals surface area (Å²) in [5.74, 6) is 0. The first-order valence-corrected chi connectivity index (χ1v) is 9.93. The molecule has 0 aromatic heterocycles. The molecule has 3 aromatic rings. The molecule has 0 atom stereocenters. The molecule has 3 rings (SSSR count). The first-order valence-electron chi connectivity index (χ1n) is 9.93. The summed E-state index contributed by atoms with van der Waals surface area (Å²) in [6.45, 7) is -0.0459. The molecule has 0 aliphatic rings. The summed E-state index contributed by atoms with van der Waals surface area (Å²) in [4.78, 5) is 24.6. The number of hydrogen-bond acceptors (Lipinski definition) is 4. The van der Waals surface area contributed by atoms with E-state index in [1.807, 2.05) is 12.1 Å². The topological polar surface area (TPSA) is 76.7 Å². The number of halogens is 3. The quantitative estimate of drug-likeness (QED) is 0.455. The van der Waals surface area contributed by atoms with Gasteiger partial charge in [0.05, 0.1) is 5.56 Å². The molecular weight excluding hydrogens is 437 g/mol. The maximum absolute atomic E-state index is 12.9. The predicted octanol–water partition coefficient (Wildman–Crippen LogP) is 5.56. The van der Waals surface area contributed by atoms with Crippen molar-refractivity contribution < 1.29 is 32.2 Å². The van der Waals surface area contributed by atoms with Crippen LogP contribution < -0.4 is 10.6 Å². The van der Waals surface area contributed by atoms with Gasteiger partial charge in [-0.25, -0.2) is 9.59 Å². The Bertz CT molecular complexity index is 985. The van der Waals surface area contributed by atoms with Gasteiger partial charge in [0.1, 0.15) is 19.4 Å². The van der Waals surface area contributed by atoms with Gasteiger partial charge in [0, 0.05) is 0 Å². The molecule has 0 saturated heterocycles. The van der Waals surface area contributed by atoms with E-state index in [0.717, 1.165) is 35.4 Å². The first kappa shape index (κ1) is 23.6. The number of hydrogen-bond donors (Lipinski definition) is 2. The van der Waals surface area contributed by atoms with Crippen molar-refractivity contribution in [3.63, 3.8) is 0 Å². The molecule has 0 heterocycles. The van der Waals surface area contributed by atoms with Crippen molar-refractivity contribution in [3.05, 3.63) is 107 Å². The zero-order chi connectivity index (χ0) is 23.7. The Morgan fingerprint density at radius 3 is 1.52 bits per heavy atom. The van der Waals surface area contributed by atoms with Gasteiger partial charge in [0.15, 0.2) is 0 Å². The lowest BCUT2D eigenvalue weighted by Crippen LogP contribution is -2.41. The minimum atomic E-state index is -4.52. The third kappa shape index (κ3) is 7.57. The molecule has 0 spiro atoms. The van der Waals surface area contributed by atoms with Gasteiger partial charge in [-0.1, -0.05) is 72.8 Å². The second-order valence-electron chi connectivity index (χ2n) is 6.96. The van der Waals surface area contributed by atoms with Crippen LogP contribution in [0.2, 0.25) is 0 Å². The molecule has 0 radical (unpaired) electrons. The van der Waals surface area contributed by atoms with Crippen LogP contribution in [0, 0.1) is 0 Å². The average Bonchev–Trinajstić information content (AvgIpc) is 2.82. The van der Waals surface area contributed by atoms with Crippen LogP contribution in [0.1, 0.15) is 28.4 Å². The van der Waals surface area contributed by atoms with E-state index in [0.29, 0.717) is 0 Å². The van der Waals surface area contributed by atoms with Gasteiger partial charge < -0.3 is 9.47 Å². The number of alkyl halides is 3. The van der Waals surface area contributed by atoms with Crippen molar-refractivity contribution >= 4 is 12.2 Å². The summed E-state index contributed by atoms with van der Waals surface area (Å²) >= 11 is 0. The van der Waals surface area contributed by atoms with Crippen LogP contribution in [0.15, 0.2) is 84.9 Å². The van der Waals surface area contributed by atoms with Crippen LogP contribution in [0.3, 0.4) is 0 Å². The van der Waals surface area contributed by atoms with Gasteiger partial charge >= 0.3 is 18.4 Å². The van der Waals surface area contributed by atoms with Crippen LogP contribution >= 0.6 is 0 Å². The van der Waals surface area contributed by atoms with E-state index in [1.54, 1.807) is 48.5 Å². The number of alkyl carbamates (subject to hydrolysis) is 2. The normalized spacial score (nSPS) is 11.0. The Balaban J connectivity index is 1.66. The summed E-state index contributed by atoms with van der Waals surface area (Å²) in [6.07, 6.45) is -7.43. The molecule has 0 aliphatic carbocycles. The molecule has 3 aromatic carbocycles. The highest BCUT2D eigenvalue weighted by Gasteiger charge is 2.30. The van der Waals surface area contributed by atoms with E-state index in [4.69, 9.17) is 9.47 Å². The third-order valence-electron chi connectivity index (χ3n) is 4.52. The number of nitrogens with one attached hydrogen (secondary N) is 2. The molecule has 2 amide bonds. The van der Waals surface area contributed by atoms with E-state index in [9.17, 15) is 22.8 Å². The number of benzene rings is 3. The lowest BCUT2D eigenvalue weighted by Gasteiger charge is -2.21. The smallest absolute Gasteiger partial charge is 0.416 e. The second-order valence-corrected chi connectivity index (χ2v) is 6.96. The van der Waals surface area contributed by atoms with Gasteiger partial charge in [-0.3, -0.25) is 10.6 Å². The highest BCUT2D eigenvalue weighted by molar-refractivity contribution is 5.71. The van der Waals surface area contributed by atoms with Crippen LogP contribution in [0.25, 0.3) is 0 Å². The van der Waals surface area contributed by atoms with Crippen LogP contribution in [-0.4, -0.2) is 12.2 Å². The summed E-state index contributed by atoms with van der Waals surface area (Å²) in [5, 5.41) is 4.87. The monoisotopic (exact) mass is 458 g/mol. The van der Waals surface area contributed by atoms with Crippen LogP contribution in [-0.2, 0) is 28.9 Å². The minimum Gasteiger partial charge on any atom is -0.445 e. The minimum absolute atomic E-state index is 0.0230. The lowest BCUT2D eigenvalue weighted by molar-refractivity contribution is -0.137. The molecular formula is C24H21F3N2O4. The Morgan fingerprint density at radius 2 is 1.12 bits per heavy atom. The van der Waals surface area contributed by atoms with Gasteiger partial charge in [-0.05, 0) is 28.8 Å². The molecule has 172 valence electrons. The van der Waals surface area contributed by atoms with E-state index in [2.05, 4.69) is 10.6 Å². The molecule has 0 saturated carbocycles. The Hall–Kier alpha value is -4.01. The third-order valence-corrected chi connectivity index (χ3v) is 4.52. The largest absolute Gasteiger partial charge is 0.445 e. The molecule has 33 heavy (non-hydrogen) atoms. The Morgan fingerprint density at radius 1 is 0.697 bits per heavy atom. The summed E-state index contributed by atoms with van der Waals surface area (Å²) < 4.78 is 48.9. The highest BCUT2D eigenvalue weighted by Crippen LogP contribution is 2.29. The molecule has 0 fully saturated rings. The Labute approximate surface area is 188 Å². The lowest BCUT2D eigenvalue weighted by atomic mass is 10.1. The number of rotatable bonds is 7. The zero-order valence-corrected chi connectivity index (χ0v) is 17.3. The fourth-order valence-electron chi connectivity index (χ4n) is 2.83. The van der Waals surface area contributed by atoms with Crippen molar-refractivity contribution in [1.29, 1.82) is 0 Å². The fraction of sp³-hybridized carbons (Fsp3) is 0.167. The fourth-order valence-corrected chi connectivity index (χ4v) is 2.83. The highest BCUT2D eigenvalue weighted by atomic mass is 19.4. The summed E-state index contributed by atoms with van der Waals surface area (Å²) in [6, 6.07) is 21.8. The van der Waals surface area contributed by atoms with Gasteiger partial charge in [0.25, 0.3) is 0 Å². The number of carbonyl (C=O) groups excluding carboxylic acids is 2. The Kier molecular flexibility index (Phi) is 7.91. The van der Waals surface area contributed by atoms with Gasteiger partial charge in [-0.2, -0.15) is 13.2 Å². The number of carbonyl (C=O) groups is 2. The van der Waals surface area contributed by atoms with E-state index in [1.165, 1.54) is 0 Å². The van der Waals surface area contributed by atoms with Crippen LogP contribution in [0.5, 0.6) is 0 Å². The number of ether oxygens (including phenoxy) is 2. The SMILES string of the molecule is O=C(NC(NC(=O)OCc1ccccc1)c1ccc(C(F)(F)F)cc1)OCc1ccccc1. The first-order chi connectivity index (χ1) is 15.8. The second kappa shape index (κ2) is 11.0. The van der Waals surface area contributed by atoms with Crippen LogP contribution in [0.4, 0.5) is 22.8 Å². The maximum Gasteiger partial charge on any atom is 0.416 e. The van der Waals surface area contributed by atoms with Crippen molar-refractivity contribution in [3.8, 4) is 0 Å². The molecule has 0 bridgehead atoms.